The minimum absolute atomic E-state index is 0.00819. The van der Waals surface area contributed by atoms with Gasteiger partial charge in [0.1, 0.15) is 5.76 Å². The van der Waals surface area contributed by atoms with E-state index in [0.717, 1.165) is 18.6 Å². The molecule has 0 bridgehead atoms. The fourth-order valence-electron chi connectivity index (χ4n) is 1.58. The van der Waals surface area contributed by atoms with E-state index in [0.29, 0.717) is 5.92 Å². The van der Waals surface area contributed by atoms with Crippen LogP contribution in [0.15, 0.2) is 24.0 Å². The van der Waals surface area contributed by atoms with Gasteiger partial charge in [0.25, 0.3) is 0 Å². The SMILES string of the molecule is COC1CC2CC=CC=C2O1. The first kappa shape index (κ1) is 6.92. The van der Waals surface area contributed by atoms with Crippen LogP contribution in [-0.4, -0.2) is 13.4 Å². The molecule has 60 valence electrons. The molecule has 2 heteroatoms. The average molecular weight is 152 g/mol. The number of methoxy groups -OCH3 is 1. The number of allylic oxidation sites excluding steroid dienone is 4. The molecule has 1 heterocycles. The fourth-order valence-corrected chi connectivity index (χ4v) is 1.58. The molecule has 2 rings (SSSR count). The maximum Gasteiger partial charge on any atom is 0.199 e. The van der Waals surface area contributed by atoms with E-state index >= 15 is 0 Å². The van der Waals surface area contributed by atoms with Gasteiger partial charge in [-0.1, -0.05) is 12.2 Å². The summed E-state index contributed by atoms with van der Waals surface area (Å²) in [4.78, 5) is 0. The lowest BCUT2D eigenvalue weighted by atomic mass is 9.97. The zero-order valence-corrected chi connectivity index (χ0v) is 6.62. The summed E-state index contributed by atoms with van der Waals surface area (Å²) < 4.78 is 10.6. The van der Waals surface area contributed by atoms with Gasteiger partial charge < -0.3 is 9.47 Å². The van der Waals surface area contributed by atoms with Crippen molar-refractivity contribution in [2.24, 2.45) is 5.92 Å². The van der Waals surface area contributed by atoms with Crippen LogP contribution < -0.4 is 0 Å². The van der Waals surface area contributed by atoms with E-state index in [2.05, 4.69) is 6.08 Å². The molecule has 0 amide bonds. The summed E-state index contributed by atoms with van der Waals surface area (Å²) in [7, 11) is 1.69. The maximum atomic E-state index is 5.50. The summed E-state index contributed by atoms with van der Waals surface area (Å²) in [5.41, 5.74) is 0. The fraction of sp³-hybridized carbons (Fsp3) is 0.556. The third-order valence-corrected chi connectivity index (χ3v) is 2.23. The quantitative estimate of drug-likeness (QED) is 0.570. The number of hydrogen-bond donors (Lipinski definition) is 0. The van der Waals surface area contributed by atoms with Gasteiger partial charge in [-0.25, -0.2) is 0 Å². The zero-order chi connectivity index (χ0) is 7.68. The number of hydrogen-bond acceptors (Lipinski definition) is 2. The monoisotopic (exact) mass is 152 g/mol. The van der Waals surface area contributed by atoms with Gasteiger partial charge in [-0.2, -0.15) is 0 Å². The third kappa shape index (κ3) is 1.18. The highest BCUT2D eigenvalue weighted by Crippen LogP contribution is 2.34. The van der Waals surface area contributed by atoms with E-state index in [4.69, 9.17) is 9.47 Å². The summed E-state index contributed by atoms with van der Waals surface area (Å²) in [6, 6.07) is 0. The highest BCUT2D eigenvalue weighted by atomic mass is 16.7. The first-order valence-corrected chi connectivity index (χ1v) is 3.96. The van der Waals surface area contributed by atoms with Crippen molar-refractivity contribution in [2.45, 2.75) is 19.1 Å². The maximum absolute atomic E-state index is 5.50. The summed E-state index contributed by atoms with van der Waals surface area (Å²) in [6.07, 6.45) is 8.36. The molecule has 2 nitrogen and oxygen atoms in total. The predicted octanol–water partition coefficient (Wildman–Crippen LogP) is 1.84. The van der Waals surface area contributed by atoms with Crippen LogP contribution in [0.5, 0.6) is 0 Å². The molecule has 0 radical (unpaired) electrons. The van der Waals surface area contributed by atoms with Crippen molar-refractivity contribution >= 4 is 0 Å². The van der Waals surface area contributed by atoms with Gasteiger partial charge >= 0.3 is 0 Å². The molecule has 1 fully saturated rings. The summed E-state index contributed by atoms with van der Waals surface area (Å²) in [5.74, 6) is 1.67. The molecule has 0 saturated carbocycles. The molecule has 11 heavy (non-hydrogen) atoms. The summed E-state index contributed by atoms with van der Waals surface area (Å²) >= 11 is 0. The smallest absolute Gasteiger partial charge is 0.199 e. The zero-order valence-electron chi connectivity index (χ0n) is 6.62. The van der Waals surface area contributed by atoms with E-state index in [-0.39, 0.29) is 6.29 Å². The van der Waals surface area contributed by atoms with Crippen LogP contribution in [0.3, 0.4) is 0 Å². The van der Waals surface area contributed by atoms with Crippen LogP contribution in [0.2, 0.25) is 0 Å². The Labute approximate surface area is 66.5 Å². The Kier molecular flexibility index (Phi) is 1.70. The van der Waals surface area contributed by atoms with Crippen molar-refractivity contribution in [1.29, 1.82) is 0 Å². The van der Waals surface area contributed by atoms with Crippen molar-refractivity contribution in [3.05, 3.63) is 24.0 Å². The molecule has 0 aromatic rings. The molecule has 2 unspecified atom stereocenters. The summed E-state index contributed by atoms with van der Waals surface area (Å²) in [6.45, 7) is 0. The first-order chi connectivity index (χ1) is 5.40. The van der Waals surface area contributed by atoms with Gasteiger partial charge in [-0.15, -0.1) is 0 Å². The number of ether oxygens (including phenoxy) is 2. The second-order valence-corrected chi connectivity index (χ2v) is 2.95. The van der Waals surface area contributed by atoms with Crippen molar-refractivity contribution < 1.29 is 9.47 Å². The topological polar surface area (TPSA) is 18.5 Å². The van der Waals surface area contributed by atoms with Crippen molar-refractivity contribution in [3.63, 3.8) is 0 Å². The minimum atomic E-state index is -0.00819. The Balaban J connectivity index is 2.09. The molecule has 0 N–H and O–H groups in total. The third-order valence-electron chi connectivity index (χ3n) is 2.23. The second-order valence-electron chi connectivity index (χ2n) is 2.95. The van der Waals surface area contributed by atoms with Crippen molar-refractivity contribution in [3.8, 4) is 0 Å². The lowest BCUT2D eigenvalue weighted by Gasteiger charge is -2.09. The van der Waals surface area contributed by atoms with Gasteiger partial charge in [0, 0.05) is 19.4 Å². The second kappa shape index (κ2) is 2.70. The summed E-state index contributed by atoms with van der Waals surface area (Å²) in [5, 5.41) is 0. The van der Waals surface area contributed by atoms with E-state index in [9.17, 15) is 0 Å². The average Bonchev–Trinajstić information content (AvgIpc) is 2.46. The van der Waals surface area contributed by atoms with Gasteiger partial charge in [0.2, 0.25) is 0 Å². The largest absolute Gasteiger partial charge is 0.469 e. The van der Waals surface area contributed by atoms with Crippen molar-refractivity contribution in [1.82, 2.24) is 0 Å². The van der Waals surface area contributed by atoms with Gasteiger partial charge in [-0.05, 0) is 12.5 Å². The van der Waals surface area contributed by atoms with Crippen LogP contribution >= 0.6 is 0 Å². The molecular formula is C9H12O2. The molecule has 2 aliphatic rings. The van der Waals surface area contributed by atoms with Gasteiger partial charge in [-0.3, -0.25) is 0 Å². The normalized spacial score (nSPS) is 34.5. The van der Waals surface area contributed by atoms with E-state index in [1.807, 2.05) is 12.2 Å². The Morgan fingerprint density at radius 3 is 3.27 bits per heavy atom. The van der Waals surface area contributed by atoms with Crippen LogP contribution in [-0.2, 0) is 9.47 Å². The molecule has 2 atom stereocenters. The molecule has 1 aliphatic heterocycles. The molecule has 0 aromatic carbocycles. The van der Waals surface area contributed by atoms with Crippen LogP contribution in [0.1, 0.15) is 12.8 Å². The van der Waals surface area contributed by atoms with E-state index in [1.165, 1.54) is 0 Å². The van der Waals surface area contributed by atoms with Crippen LogP contribution in [0.25, 0.3) is 0 Å². The highest BCUT2D eigenvalue weighted by Gasteiger charge is 2.30. The van der Waals surface area contributed by atoms with E-state index < -0.39 is 0 Å². The predicted molar refractivity (Wildman–Crippen MR) is 41.8 cm³/mol. The standard InChI is InChI=1S/C9H12O2/c1-10-9-6-7-4-2-3-5-8(7)11-9/h2-3,5,7,9H,4,6H2,1H3. The Bertz CT molecular complexity index is 206. The number of fused-ring (bicyclic) bond motifs is 1. The molecule has 0 aromatic heterocycles. The van der Waals surface area contributed by atoms with Gasteiger partial charge in [0.15, 0.2) is 6.29 Å². The first-order valence-electron chi connectivity index (χ1n) is 3.96. The minimum Gasteiger partial charge on any atom is -0.469 e. The highest BCUT2D eigenvalue weighted by molar-refractivity contribution is 5.18. The Morgan fingerprint density at radius 1 is 1.64 bits per heavy atom. The lowest BCUT2D eigenvalue weighted by molar-refractivity contribution is -0.0682. The van der Waals surface area contributed by atoms with E-state index in [1.54, 1.807) is 7.11 Å². The van der Waals surface area contributed by atoms with Gasteiger partial charge in [0.05, 0.1) is 0 Å². The molecule has 1 saturated heterocycles. The lowest BCUT2D eigenvalue weighted by Crippen LogP contribution is -2.06. The molecule has 1 aliphatic carbocycles. The molecular weight excluding hydrogens is 140 g/mol. The number of rotatable bonds is 1. The Hall–Kier alpha value is -0.760. The van der Waals surface area contributed by atoms with Crippen molar-refractivity contribution in [2.75, 3.05) is 7.11 Å². The van der Waals surface area contributed by atoms with Crippen LogP contribution in [0, 0.1) is 5.92 Å². The van der Waals surface area contributed by atoms with Crippen LogP contribution in [0.4, 0.5) is 0 Å². The Morgan fingerprint density at radius 2 is 2.55 bits per heavy atom. The molecule has 0 spiro atoms.